The molecule has 0 fully saturated rings. The van der Waals surface area contributed by atoms with Gasteiger partial charge in [-0.3, -0.25) is 4.94 Å². The van der Waals surface area contributed by atoms with Crippen LogP contribution in [0.25, 0.3) is 21.2 Å². The van der Waals surface area contributed by atoms with E-state index in [2.05, 4.69) is 175 Å². The molecule has 7 aromatic rings. The highest BCUT2D eigenvalue weighted by Gasteiger charge is 2.47. The molecule has 0 unspecified atom stereocenters. The summed E-state index contributed by atoms with van der Waals surface area (Å²) in [6.07, 6.45) is 0.883. The smallest absolute Gasteiger partial charge is 0.264 e. The van der Waals surface area contributed by atoms with E-state index in [9.17, 15) is 0 Å². The molecule has 284 valence electrons. The summed E-state index contributed by atoms with van der Waals surface area (Å²) in [5, 5.41) is 1.22. The van der Waals surface area contributed by atoms with E-state index in [1.165, 1.54) is 70.6 Å². The van der Waals surface area contributed by atoms with Gasteiger partial charge in [0.2, 0.25) is 0 Å². The Morgan fingerprint density at radius 3 is 1.74 bits per heavy atom. The molecular formula is C51H48BFN2OS. The van der Waals surface area contributed by atoms with Gasteiger partial charge < -0.3 is 9.80 Å². The summed E-state index contributed by atoms with van der Waals surface area (Å²) in [4.78, 5) is 9.57. The van der Waals surface area contributed by atoms with E-state index in [4.69, 9.17) is 4.94 Å². The van der Waals surface area contributed by atoms with Crippen molar-refractivity contribution >= 4 is 78.0 Å². The molecule has 6 aromatic carbocycles. The minimum absolute atomic E-state index is 0.000146. The average Bonchev–Trinajstić information content (AvgIpc) is 3.75. The van der Waals surface area contributed by atoms with Gasteiger partial charge in [0, 0.05) is 65.5 Å². The Bertz CT molecular complexity index is 2760. The highest BCUT2D eigenvalue weighted by Crippen LogP contribution is 2.53. The van der Waals surface area contributed by atoms with Crippen molar-refractivity contribution in [2.45, 2.75) is 85.0 Å². The van der Waals surface area contributed by atoms with Gasteiger partial charge in [0.15, 0.2) is 5.75 Å². The zero-order valence-corrected chi connectivity index (χ0v) is 35.2. The number of halogens is 1. The van der Waals surface area contributed by atoms with Gasteiger partial charge in [0.05, 0.1) is 5.69 Å². The highest BCUT2D eigenvalue weighted by molar-refractivity contribution is 7.33. The molecule has 2 aliphatic heterocycles. The molecule has 1 aromatic heterocycles. The predicted octanol–water partition coefficient (Wildman–Crippen LogP) is 12.7. The molecule has 0 spiro atoms. The quantitative estimate of drug-likeness (QED) is 0.167. The van der Waals surface area contributed by atoms with Crippen molar-refractivity contribution in [3.8, 4) is 16.9 Å². The Hall–Kier alpha value is -5.33. The highest BCUT2D eigenvalue weighted by atomic mass is 32.1. The normalized spacial score (nSPS) is 14.3. The fourth-order valence-electron chi connectivity index (χ4n) is 9.42. The first kappa shape index (κ1) is 36.0. The van der Waals surface area contributed by atoms with Gasteiger partial charge in [-0.25, -0.2) is 0 Å². The van der Waals surface area contributed by atoms with Crippen LogP contribution >= 0.6 is 11.3 Å². The second kappa shape index (κ2) is 12.3. The molecule has 1 aliphatic carbocycles. The van der Waals surface area contributed by atoms with E-state index < -0.39 is 0 Å². The van der Waals surface area contributed by atoms with Crippen molar-refractivity contribution in [2.24, 2.45) is 0 Å². The second-order valence-electron chi connectivity index (χ2n) is 19.3. The summed E-state index contributed by atoms with van der Waals surface area (Å²) in [6.45, 7) is 20.3. The van der Waals surface area contributed by atoms with E-state index >= 15 is 4.53 Å². The Morgan fingerprint density at radius 1 is 0.596 bits per heavy atom. The molecule has 0 N–H and O–H groups in total. The van der Waals surface area contributed by atoms with Crippen LogP contribution in [0.15, 0.2) is 115 Å². The molecule has 6 heteroatoms. The zero-order valence-electron chi connectivity index (χ0n) is 34.3. The van der Waals surface area contributed by atoms with Crippen LogP contribution in [0, 0.1) is 0 Å². The minimum Gasteiger partial charge on any atom is -0.311 e. The molecular weight excluding hydrogens is 718 g/mol. The maximum atomic E-state index is 15.0. The molecule has 3 nitrogen and oxygen atoms in total. The first-order valence-electron chi connectivity index (χ1n) is 20.2. The van der Waals surface area contributed by atoms with Crippen LogP contribution in [0.4, 0.5) is 38.7 Å². The third-order valence-electron chi connectivity index (χ3n) is 12.5. The number of nitrogens with zero attached hydrogens (tertiary/aromatic N) is 2. The van der Waals surface area contributed by atoms with Gasteiger partial charge in [-0.15, -0.1) is 11.3 Å². The van der Waals surface area contributed by atoms with Crippen molar-refractivity contribution < 1.29 is 9.47 Å². The van der Waals surface area contributed by atoms with Gasteiger partial charge in [-0.05, 0) is 103 Å². The fourth-order valence-corrected chi connectivity index (χ4v) is 10.7. The van der Waals surface area contributed by atoms with Crippen LogP contribution in [0.2, 0.25) is 0 Å². The summed E-state index contributed by atoms with van der Waals surface area (Å²) in [6, 6.07) is 42.4. The maximum Gasteiger partial charge on any atom is 0.264 e. The van der Waals surface area contributed by atoms with Gasteiger partial charge in [-0.2, -0.15) is 0 Å². The summed E-state index contributed by atoms with van der Waals surface area (Å²) in [5.41, 5.74) is 17.7. The summed E-state index contributed by atoms with van der Waals surface area (Å²) in [7, 11) is 0. The van der Waals surface area contributed by atoms with Crippen LogP contribution in [0.3, 0.4) is 0 Å². The van der Waals surface area contributed by atoms with E-state index in [1.54, 1.807) is 0 Å². The Kier molecular flexibility index (Phi) is 7.80. The SMILES string of the molecule is CC(C)(C)c1ccc(N2c3cc(OF)cc4c3B(c3ccc5c(c32)-c2ccccc2C5)c2sc3ccc(C(C)(C)C)cc3c2N4c2ccc(C(C)(C)C)cc2)cc1. The number of anilines is 6. The molecule has 0 amide bonds. The van der Waals surface area contributed by atoms with Crippen LogP contribution in [0.1, 0.15) is 90.1 Å². The molecule has 10 rings (SSSR count). The molecule has 0 atom stereocenters. The molecule has 57 heavy (non-hydrogen) atoms. The topological polar surface area (TPSA) is 15.7 Å². The first-order valence-corrected chi connectivity index (χ1v) is 21.0. The standard InChI is InChI=1S/C51H48BFN2OS/c1-49(2,3)32-15-20-35(21-16-32)54-41-28-37(56-53)29-42-45(41)52(48-46(54)39-27-34(51(7,8)9)19-25-43(39)57-48)40-24-14-31-26-30-12-10-11-13-38(30)44(31)47(40)55(42)36-22-17-33(18-23-36)50(4,5)6/h10-25,27-29H,26H2,1-9H3. The van der Waals surface area contributed by atoms with Crippen molar-refractivity contribution in [1.29, 1.82) is 0 Å². The molecule has 0 radical (unpaired) electrons. The van der Waals surface area contributed by atoms with E-state index in [-0.39, 0.29) is 28.7 Å². The number of thiophene rings is 1. The Morgan fingerprint density at radius 2 is 1.16 bits per heavy atom. The Balaban J connectivity index is 1.33. The molecule has 3 aliphatic rings. The maximum absolute atomic E-state index is 15.0. The predicted molar refractivity (Wildman–Crippen MR) is 242 cm³/mol. The fraction of sp³-hybridized carbons (Fsp3) is 0.255. The van der Waals surface area contributed by atoms with E-state index in [0.717, 1.165) is 34.6 Å². The lowest BCUT2D eigenvalue weighted by Gasteiger charge is -2.44. The lowest BCUT2D eigenvalue weighted by atomic mass is 9.36. The molecule has 0 bridgehead atoms. The van der Waals surface area contributed by atoms with Crippen molar-refractivity contribution in [1.82, 2.24) is 0 Å². The van der Waals surface area contributed by atoms with Crippen molar-refractivity contribution in [3.63, 3.8) is 0 Å². The average molecular weight is 767 g/mol. The summed E-state index contributed by atoms with van der Waals surface area (Å²) >= 11 is 1.89. The van der Waals surface area contributed by atoms with Gasteiger partial charge in [0.25, 0.3) is 6.71 Å². The molecule has 3 heterocycles. The van der Waals surface area contributed by atoms with Crippen LogP contribution < -0.4 is 30.4 Å². The number of rotatable bonds is 3. The summed E-state index contributed by atoms with van der Waals surface area (Å²) in [5.74, 6) is 0.185. The molecule has 0 saturated carbocycles. The third-order valence-corrected chi connectivity index (χ3v) is 13.7. The van der Waals surface area contributed by atoms with E-state index in [1.807, 2.05) is 23.5 Å². The van der Waals surface area contributed by atoms with Crippen molar-refractivity contribution in [3.05, 3.63) is 143 Å². The number of benzene rings is 6. The lowest BCUT2D eigenvalue weighted by Crippen LogP contribution is -2.60. The Labute approximate surface area is 340 Å². The van der Waals surface area contributed by atoms with Gasteiger partial charge in [0.1, 0.15) is 0 Å². The van der Waals surface area contributed by atoms with Crippen LogP contribution in [0.5, 0.6) is 5.75 Å². The second-order valence-corrected chi connectivity index (χ2v) is 20.4. The largest absolute Gasteiger partial charge is 0.311 e. The molecule has 0 saturated heterocycles. The van der Waals surface area contributed by atoms with Crippen LogP contribution in [-0.2, 0) is 22.7 Å². The van der Waals surface area contributed by atoms with Gasteiger partial charge >= 0.3 is 0 Å². The number of hydrogen-bond acceptors (Lipinski definition) is 4. The third kappa shape index (κ3) is 5.51. The minimum atomic E-state index is -0.0857. The van der Waals surface area contributed by atoms with E-state index in [0.29, 0.717) is 0 Å². The number of hydrogen-bond donors (Lipinski definition) is 0. The van der Waals surface area contributed by atoms with Crippen molar-refractivity contribution in [2.75, 3.05) is 9.80 Å². The van der Waals surface area contributed by atoms with Gasteiger partial charge in [-0.1, -0.05) is 129 Å². The summed E-state index contributed by atoms with van der Waals surface area (Å²) < 4.78 is 17.5. The monoisotopic (exact) mass is 766 g/mol. The zero-order chi connectivity index (χ0) is 39.8. The number of fused-ring (bicyclic) bond motifs is 10. The first-order chi connectivity index (χ1) is 27.1. The lowest BCUT2D eigenvalue weighted by molar-refractivity contribution is -0.00606. The van der Waals surface area contributed by atoms with Crippen LogP contribution in [-0.4, -0.2) is 6.71 Å².